The molecule has 0 saturated heterocycles. The molecule has 3 rings (SSSR count). The SMILES string of the molecule is N#C/C(=C\c1cccc(Oc2ccccc2)c1)C(=O)NC1CCCC1. The minimum atomic E-state index is -0.302. The molecular weight excluding hydrogens is 312 g/mol. The zero-order valence-electron chi connectivity index (χ0n) is 13.9. The first-order chi connectivity index (χ1) is 12.2. The van der Waals surface area contributed by atoms with Crippen molar-refractivity contribution in [1.82, 2.24) is 5.32 Å². The first kappa shape index (κ1) is 16.8. The molecule has 126 valence electrons. The number of carbonyl (C=O) groups is 1. The van der Waals surface area contributed by atoms with Crippen LogP contribution in [0.25, 0.3) is 6.08 Å². The predicted octanol–water partition coefficient (Wildman–Crippen LogP) is 4.44. The van der Waals surface area contributed by atoms with Gasteiger partial charge in [0.15, 0.2) is 0 Å². The Hall–Kier alpha value is -3.06. The Bertz CT molecular complexity index is 800. The topological polar surface area (TPSA) is 62.1 Å². The van der Waals surface area contributed by atoms with Gasteiger partial charge in [0.1, 0.15) is 23.1 Å². The van der Waals surface area contributed by atoms with Gasteiger partial charge in [-0.2, -0.15) is 5.26 Å². The Morgan fingerprint density at radius 1 is 1.08 bits per heavy atom. The lowest BCUT2D eigenvalue weighted by atomic mass is 10.1. The third kappa shape index (κ3) is 4.71. The van der Waals surface area contributed by atoms with Gasteiger partial charge in [0.25, 0.3) is 5.91 Å². The molecule has 4 nitrogen and oxygen atoms in total. The van der Waals surface area contributed by atoms with Gasteiger partial charge >= 0.3 is 0 Å². The summed E-state index contributed by atoms with van der Waals surface area (Å²) in [4.78, 5) is 12.3. The maximum absolute atomic E-state index is 12.3. The summed E-state index contributed by atoms with van der Waals surface area (Å²) in [6.07, 6.45) is 5.85. The number of nitrogens with one attached hydrogen (secondary N) is 1. The fourth-order valence-electron chi connectivity index (χ4n) is 2.94. The molecule has 1 N–H and O–H groups in total. The number of benzene rings is 2. The van der Waals surface area contributed by atoms with E-state index in [9.17, 15) is 10.1 Å². The number of ether oxygens (including phenoxy) is 1. The minimum absolute atomic E-state index is 0.115. The fourth-order valence-corrected chi connectivity index (χ4v) is 2.94. The van der Waals surface area contributed by atoms with Gasteiger partial charge in [-0.05, 0) is 48.7 Å². The van der Waals surface area contributed by atoms with Crippen molar-refractivity contribution in [3.63, 3.8) is 0 Å². The van der Waals surface area contributed by atoms with Crippen molar-refractivity contribution in [2.75, 3.05) is 0 Å². The molecule has 0 aromatic heterocycles. The van der Waals surface area contributed by atoms with Gasteiger partial charge in [-0.1, -0.05) is 43.2 Å². The lowest BCUT2D eigenvalue weighted by molar-refractivity contribution is -0.117. The molecule has 0 bridgehead atoms. The number of para-hydroxylation sites is 1. The number of rotatable bonds is 5. The van der Waals surface area contributed by atoms with Crippen LogP contribution in [0.15, 0.2) is 60.2 Å². The summed E-state index contributed by atoms with van der Waals surface area (Å²) in [5, 5.41) is 12.3. The first-order valence-corrected chi connectivity index (χ1v) is 8.50. The van der Waals surface area contributed by atoms with E-state index >= 15 is 0 Å². The van der Waals surface area contributed by atoms with Crippen molar-refractivity contribution >= 4 is 12.0 Å². The lowest BCUT2D eigenvalue weighted by Gasteiger charge is -2.11. The molecule has 4 heteroatoms. The van der Waals surface area contributed by atoms with Gasteiger partial charge in [-0.15, -0.1) is 0 Å². The van der Waals surface area contributed by atoms with Crippen LogP contribution in [-0.4, -0.2) is 11.9 Å². The van der Waals surface area contributed by atoms with E-state index in [1.807, 2.05) is 60.7 Å². The van der Waals surface area contributed by atoms with Gasteiger partial charge in [0.2, 0.25) is 0 Å². The zero-order chi connectivity index (χ0) is 17.5. The van der Waals surface area contributed by atoms with Gasteiger partial charge < -0.3 is 10.1 Å². The highest BCUT2D eigenvalue weighted by Crippen LogP contribution is 2.23. The number of nitrogens with zero attached hydrogens (tertiary/aromatic N) is 1. The van der Waals surface area contributed by atoms with Crippen LogP contribution in [0.3, 0.4) is 0 Å². The molecule has 2 aromatic carbocycles. The van der Waals surface area contributed by atoms with E-state index in [2.05, 4.69) is 5.32 Å². The van der Waals surface area contributed by atoms with Gasteiger partial charge in [-0.25, -0.2) is 0 Å². The van der Waals surface area contributed by atoms with E-state index in [0.29, 0.717) is 5.75 Å². The summed E-state index contributed by atoms with van der Waals surface area (Å²) in [6, 6.07) is 19.0. The van der Waals surface area contributed by atoms with E-state index in [-0.39, 0.29) is 17.5 Å². The van der Waals surface area contributed by atoms with Crippen LogP contribution in [0.1, 0.15) is 31.2 Å². The monoisotopic (exact) mass is 332 g/mol. The van der Waals surface area contributed by atoms with Crippen molar-refractivity contribution in [3.05, 3.63) is 65.7 Å². The van der Waals surface area contributed by atoms with E-state index in [1.165, 1.54) is 0 Å². The summed E-state index contributed by atoms with van der Waals surface area (Å²) in [6.45, 7) is 0. The second-order valence-corrected chi connectivity index (χ2v) is 6.11. The average molecular weight is 332 g/mol. The summed E-state index contributed by atoms with van der Waals surface area (Å²) < 4.78 is 5.79. The van der Waals surface area contributed by atoms with E-state index < -0.39 is 0 Å². The molecule has 1 aliphatic carbocycles. The summed E-state index contributed by atoms with van der Waals surface area (Å²) in [5.74, 6) is 1.10. The quantitative estimate of drug-likeness (QED) is 0.650. The number of hydrogen-bond donors (Lipinski definition) is 1. The van der Waals surface area contributed by atoms with Crippen LogP contribution < -0.4 is 10.1 Å². The molecule has 1 fully saturated rings. The summed E-state index contributed by atoms with van der Waals surface area (Å²) in [5.41, 5.74) is 0.871. The number of nitriles is 1. The molecule has 1 saturated carbocycles. The predicted molar refractivity (Wildman–Crippen MR) is 96.9 cm³/mol. The maximum atomic E-state index is 12.3. The Balaban J connectivity index is 1.73. The number of amides is 1. The van der Waals surface area contributed by atoms with E-state index in [4.69, 9.17) is 4.74 Å². The molecule has 0 aliphatic heterocycles. The zero-order valence-corrected chi connectivity index (χ0v) is 13.9. The Morgan fingerprint density at radius 3 is 2.52 bits per heavy atom. The van der Waals surface area contributed by atoms with Crippen LogP contribution in [0.5, 0.6) is 11.5 Å². The molecule has 1 amide bonds. The second kappa shape index (κ2) is 8.16. The fraction of sp³-hybridized carbons (Fsp3) is 0.238. The highest BCUT2D eigenvalue weighted by molar-refractivity contribution is 6.01. The minimum Gasteiger partial charge on any atom is -0.457 e. The maximum Gasteiger partial charge on any atom is 0.262 e. The van der Waals surface area contributed by atoms with E-state index in [0.717, 1.165) is 37.0 Å². The number of carbonyl (C=O) groups excluding carboxylic acids is 1. The molecule has 0 radical (unpaired) electrons. The van der Waals surface area contributed by atoms with Crippen molar-refractivity contribution in [3.8, 4) is 17.6 Å². The normalized spacial score (nSPS) is 14.8. The molecule has 0 unspecified atom stereocenters. The van der Waals surface area contributed by atoms with Crippen LogP contribution in [0.4, 0.5) is 0 Å². The highest BCUT2D eigenvalue weighted by atomic mass is 16.5. The largest absolute Gasteiger partial charge is 0.457 e. The molecule has 1 aliphatic rings. The first-order valence-electron chi connectivity index (χ1n) is 8.50. The van der Waals surface area contributed by atoms with Gasteiger partial charge in [-0.3, -0.25) is 4.79 Å². The lowest BCUT2D eigenvalue weighted by Crippen LogP contribution is -2.33. The molecular formula is C21H20N2O2. The van der Waals surface area contributed by atoms with Crippen molar-refractivity contribution in [2.24, 2.45) is 0 Å². The highest BCUT2D eigenvalue weighted by Gasteiger charge is 2.19. The van der Waals surface area contributed by atoms with Crippen LogP contribution in [-0.2, 0) is 4.79 Å². The number of hydrogen-bond acceptors (Lipinski definition) is 3. The van der Waals surface area contributed by atoms with E-state index in [1.54, 1.807) is 6.08 Å². The van der Waals surface area contributed by atoms with Crippen molar-refractivity contribution in [2.45, 2.75) is 31.7 Å². The Morgan fingerprint density at radius 2 is 1.80 bits per heavy atom. The molecule has 2 aromatic rings. The van der Waals surface area contributed by atoms with Crippen LogP contribution in [0, 0.1) is 11.3 Å². The van der Waals surface area contributed by atoms with Crippen molar-refractivity contribution < 1.29 is 9.53 Å². The van der Waals surface area contributed by atoms with Gasteiger partial charge in [0.05, 0.1) is 0 Å². The average Bonchev–Trinajstić information content (AvgIpc) is 3.14. The van der Waals surface area contributed by atoms with Crippen molar-refractivity contribution in [1.29, 1.82) is 5.26 Å². The smallest absolute Gasteiger partial charge is 0.262 e. The molecule has 0 atom stereocenters. The molecule has 0 spiro atoms. The standard InChI is InChI=1S/C21H20N2O2/c22-15-17(21(24)23-18-8-4-5-9-18)13-16-7-6-12-20(14-16)25-19-10-2-1-3-11-19/h1-3,6-7,10-14,18H,4-5,8-9H2,(H,23,24)/b17-13+. The summed E-state index contributed by atoms with van der Waals surface area (Å²) >= 11 is 0. The third-order valence-electron chi connectivity index (χ3n) is 4.20. The Kier molecular flexibility index (Phi) is 5.48. The third-order valence-corrected chi connectivity index (χ3v) is 4.20. The van der Waals surface area contributed by atoms with Gasteiger partial charge in [0, 0.05) is 6.04 Å². The Labute approximate surface area is 147 Å². The second-order valence-electron chi connectivity index (χ2n) is 6.11. The van der Waals surface area contributed by atoms with Crippen LogP contribution >= 0.6 is 0 Å². The molecule has 25 heavy (non-hydrogen) atoms. The van der Waals surface area contributed by atoms with Crippen LogP contribution in [0.2, 0.25) is 0 Å². The molecule has 0 heterocycles. The summed E-state index contributed by atoms with van der Waals surface area (Å²) in [7, 11) is 0.